The summed E-state index contributed by atoms with van der Waals surface area (Å²) in [5.74, 6) is -0.141. The highest BCUT2D eigenvalue weighted by Crippen LogP contribution is 2.65. The lowest BCUT2D eigenvalue weighted by atomic mass is 9.67. The topological polar surface area (TPSA) is 114 Å². The first-order valence-electron chi connectivity index (χ1n) is 21.0. The SMILES string of the molecule is C.C.C=C/C(=C\C=C(/C=C)NC(=C)[C@H](CC1(C)CC1(C)C)NC(=O)C1(C(=O)NCCCCCC)CCC1)COC(C)=O.C=C1CC(=O)C(C)C1.CC.CC.CCC. The molecule has 3 atom stereocenters. The van der Waals surface area contributed by atoms with E-state index < -0.39 is 5.41 Å². The Bertz CT molecular complexity index is 1320. The molecule has 0 heterocycles. The highest BCUT2D eigenvalue weighted by Gasteiger charge is 2.58. The largest absolute Gasteiger partial charge is 0.461 e. The van der Waals surface area contributed by atoms with Gasteiger partial charge in [-0.05, 0) is 67.1 Å². The van der Waals surface area contributed by atoms with Crippen LogP contribution in [0.1, 0.15) is 175 Å². The van der Waals surface area contributed by atoms with Gasteiger partial charge in [0.15, 0.2) is 0 Å². The predicted molar refractivity (Wildman–Crippen MR) is 247 cm³/mol. The Morgan fingerprint density at radius 3 is 1.86 bits per heavy atom. The van der Waals surface area contributed by atoms with Gasteiger partial charge in [0.25, 0.3) is 0 Å². The summed E-state index contributed by atoms with van der Waals surface area (Å²) in [6.07, 6.45) is 17.7. The van der Waals surface area contributed by atoms with Crippen LogP contribution in [0.3, 0.4) is 0 Å². The summed E-state index contributed by atoms with van der Waals surface area (Å²) in [5, 5.41) is 9.55. The summed E-state index contributed by atoms with van der Waals surface area (Å²) in [6, 6.07) is -0.374. The summed E-state index contributed by atoms with van der Waals surface area (Å²) < 4.78 is 5.06. The van der Waals surface area contributed by atoms with Gasteiger partial charge in [0.05, 0.1) is 6.04 Å². The van der Waals surface area contributed by atoms with Crippen molar-refractivity contribution in [1.82, 2.24) is 16.0 Å². The molecule has 8 nitrogen and oxygen atoms in total. The fraction of sp³-hybridized carbons (Fsp3) is 0.673. The van der Waals surface area contributed by atoms with E-state index in [4.69, 9.17) is 4.74 Å². The highest BCUT2D eigenvalue weighted by molar-refractivity contribution is 6.06. The maximum atomic E-state index is 13.7. The number of Topliss-reactive ketones (excluding diaryl/α,β-unsaturated/α-hetero) is 1. The molecule has 330 valence electrons. The molecule has 3 fully saturated rings. The first kappa shape index (κ1) is 60.0. The van der Waals surface area contributed by atoms with Crippen molar-refractivity contribution in [3.05, 3.63) is 73.2 Å². The van der Waals surface area contributed by atoms with Gasteiger partial charge in [-0.3, -0.25) is 19.2 Å². The standard InChI is InChI=1S/C33H51N3O4.C7H10O.C3H8.2C2H6.2CH4/c1-9-12-13-14-20-34-29(38)33(18-15-19-33)30(39)36-28(21-32(8)23-31(32,6)7)24(4)35-27(11-3)17-16-26(10-2)22-40-25(5)37;1-5-3-6(2)7(8)4-5;1-3-2;2*1-2;;/h10-11,16-17,28,35H,2-4,9,12-15,18-23H2,1,5-8H3,(H,34,38)(H,36,39);6H,1,3-4H2,2H3;3H2,1-2H3;2*1-2H3;2*1H4/b26-16+,27-17+;;;;;;/t28-,32?;;;;;;/m0....../s1. The summed E-state index contributed by atoms with van der Waals surface area (Å²) in [5.41, 5.74) is 2.33. The van der Waals surface area contributed by atoms with Crippen LogP contribution in [0.25, 0.3) is 0 Å². The second-order valence-corrected chi connectivity index (χ2v) is 15.5. The zero-order valence-electron chi connectivity index (χ0n) is 37.2. The predicted octanol–water partition coefficient (Wildman–Crippen LogP) is 12.3. The van der Waals surface area contributed by atoms with Crippen molar-refractivity contribution in [2.75, 3.05) is 13.2 Å². The normalized spacial score (nSPS) is 19.9. The average Bonchev–Trinajstić information content (AvgIpc) is 3.47. The fourth-order valence-corrected chi connectivity index (χ4v) is 6.33. The lowest BCUT2D eigenvalue weighted by Crippen LogP contribution is -2.58. The van der Waals surface area contributed by atoms with Gasteiger partial charge in [0.2, 0.25) is 11.8 Å². The van der Waals surface area contributed by atoms with Crippen LogP contribution in [-0.2, 0) is 23.9 Å². The lowest BCUT2D eigenvalue weighted by molar-refractivity contribution is -0.150. The second kappa shape index (κ2) is 31.3. The Labute approximate surface area is 352 Å². The summed E-state index contributed by atoms with van der Waals surface area (Å²) in [6.45, 7) is 40.9. The van der Waals surface area contributed by atoms with Gasteiger partial charge < -0.3 is 20.7 Å². The molecule has 2 amide bonds. The Morgan fingerprint density at radius 2 is 1.49 bits per heavy atom. The van der Waals surface area contributed by atoms with Crippen LogP contribution in [0.2, 0.25) is 0 Å². The van der Waals surface area contributed by atoms with E-state index in [1.807, 2.05) is 34.6 Å². The molecule has 0 aliphatic heterocycles. The van der Waals surface area contributed by atoms with Crippen molar-refractivity contribution in [2.45, 2.75) is 181 Å². The van der Waals surface area contributed by atoms with Crippen molar-refractivity contribution in [1.29, 1.82) is 0 Å². The molecule has 57 heavy (non-hydrogen) atoms. The molecule has 3 rings (SSSR count). The molecular weight excluding hydrogens is 711 g/mol. The van der Waals surface area contributed by atoms with E-state index in [2.05, 4.69) is 83.8 Å². The Balaban J connectivity index is -0.000000702. The van der Waals surface area contributed by atoms with Crippen LogP contribution < -0.4 is 16.0 Å². The maximum Gasteiger partial charge on any atom is 0.302 e. The third-order valence-electron chi connectivity index (χ3n) is 10.4. The van der Waals surface area contributed by atoms with E-state index >= 15 is 0 Å². The molecule has 8 heteroatoms. The number of unbranched alkanes of at least 4 members (excludes halogenated alkanes) is 3. The van der Waals surface area contributed by atoms with Crippen molar-refractivity contribution >= 4 is 23.6 Å². The van der Waals surface area contributed by atoms with Gasteiger partial charge in [-0.25, -0.2) is 0 Å². The van der Waals surface area contributed by atoms with E-state index in [1.54, 1.807) is 24.3 Å². The zero-order valence-corrected chi connectivity index (χ0v) is 37.2. The van der Waals surface area contributed by atoms with Gasteiger partial charge in [0.1, 0.15) is 17.8 Å². The quantitative estimate of drug-likeness (QED) is 0.0418. The number of nitrogens with one attached hydrogen (secondary N) is 3. The van der Waals surface area contributed by atoms with E-state index in [9.17, 15) is 19.2 Å². The molecule has 0 aromatic carbocycles. The third-order valence-corrected chi connectivity index (χ3v) is 10.4. The second-order valence-electron chi connectivity index (χ2n) is 15.5. The smallest absolute Gasteiger partial charge is 0.302 e. The first-order chi connectivity index (χ1) is 25.9. The zero-order chi connectivity index (χ0) is 42.8. The van der Waals surface area contributed by atoms with E-state index in [1.165, 1.54) is 13.3 Å². The monoisotopic (exact) mass is 800 g/mol. The first-order valence-corrected chi connectivity index (χ1v) is 21.0. The molecule has 3 aliphatic rings. The molecule has 0 aromatic rings. The number of hydrogen-bond acceptors (Lipinski definition) is 6. The van der Waals surface area contributed by atoms with Gasteiger partial charge >= 0.3 is 5.97 Å². The molecule has 0 aromatic heterocycles. The number of rotatable bonds is 18. The highest BCUT2D eigenvalue weighted by atomic mass is 16.5. The van der Waals surface area contributed by atoms with Gasteiger partial charge in [0, 0.05) is 37.2 Å². The third kappa shape index (κ3) is 21.1. The fourth-order valence-electron chi connectivity index (χ4n) is 6.33. The van der Waals surface area contributed by atoms with Crippen LogP contribution in [0, 0.1) is 22.2 Å². The summed E-state index contributed by atoms with van der Waals surface area (Å²) >= 11 is 0. The van der Waals surface area contributed by atoms with Crippen LogP contribution in [0.4, 0.5) is 0 Å². The molecule has 3 N–H and O–H groups in total. The molecule has 3 saturated carbocycles. The van der Waals surface area contributed by atoms with Gasteiger partial charge in [-0.2, -0.15) is 0 Å². The number of hydrogen-bond donors (Lipinski definition) is 3. The van der Waals surface area contributed by atoms with E-state index in [0.717, 1.165) is 56.1 Å². The lowest BCUT2D eigenvalue weighted by Gasteiger charge is -2.40. The van der Waals surface area contributed by atoms with Crippen molar-refractivity contribution in [3.63, 3.8) is 0 Å². The molecule has 3 aliphatic carbocycles. The van der Waals surface area contributed by atoms with Gasteiger partial charge in [-0.15, -0.1) is 0 Å². The Kier molecular flexibility index (Phi) is 33.0. The molecule has 0 saturated heterocycles. The number of allylic oxidation sites excluding steroid dienone is 4. The van der Waals surface area contributed by atoms with Crippen LogP contribution >= 0.6 is 0 Å². The van der Waals surface area contributed by atoms with Crippen LogP contribution in [0.15, 0.2) is 73.2 Å². The van der Waals surface area contributed by atoms with Crippen molar-refractivity contribution in [3.8, 4) is 0 Å². The Morgan fingerprint density at radius 1 is 0.930 bits per heavy atom. The van der Waals surface area contributed by atoms with Crippen LogP contribution in [-0.4, -0.2) is 42.8 Å². The van der Waals surface area contributed by atoms with Gasteiger partial charge in [-0.1, -0.05) is 167 Å². The summed E-state index contributed by atoms with van der Waals surface area (Å²) in [4.78, 5) is 48.8. The van der Waals surface area contributed by atoms with Crippen molar-refractivity contribution < 1.29 is 23.9 Å². The molecule has 0 radical (unpaired) electrons. The molecule has 0 bridgehead atoms. The Hall–Kier alpha value is -3.68. The molecular formula is C49H89N3O5. The van der Waals surface area contributed by atoms with E-state index in [0.29, 0.717) is 49.4 Å². The minimum Gasteiger partial charge on any atom is -0.461 e. The number of esters is 1. The number of carbonyl (C=O) groups is 4. The minimum absolute atomic E-state index is 0. The number of ether oxygens (including phenoxy) is 1. The molecule has 0 spiro atoms. The van der Waals surface area contributed by atoms with Crippen LogP contribution in [0.5, 0.6) is 0 Å². The van der Waals surface area contributed by atoms with E-state index in [-0.39, 0.29) is 62.0 Å². The summed E-state index contributed by atoms with van der Waals surface area (Å²) in [7, 11) is 0. The minimum atomic E-state index is -1.02. The maximum absolute atomic E-state index is 13.7. The molecule has 2 unspecified atom stereocenters. The number of amides is 2. The number of ketones is 1. The van der Waals surface area contributed by atoms with Crippen molar-refractivity contribution in [2.24, 2.45) is 22.2 Å². The average molecular weight is 800 g/mol. The number of carbonyl (C=O) groups excluding carboxylic acids is 4.